The first-order chi connectivity index (χ1) is 9.65. The molecule has 0 heterocycles. The molecule has 0 radical (unpaired) electrons. The van der Waals surface area contributed by atoms with Crippen molar-refractivity contribution >= 4 is 5.78 Å². The molecule has 20 heavy (non-hydrogen) atoms. The number of rotatable bonds is 0. The first-order valence-corrected chi connectivity index (χ1v) is 8.88. The summed E-state index contributed by atoms with van der Waals surface area (Å²) in [6, 6.07) is 0. The second kappa shape index (κ2) is 4.71. The molecule has 1 heteroatoms. The van der Waals surface area contributed by atoms with Crippen molar-refractivity contribution in [2.24, 2.45) is 41.4 Å². The van der Waals surface area contributed by atoms with Crippen LogP contribution in [-0.2, 0) is 4.79 Å². The lowest BCUT2D eigenvalue weighted by molar-refractivity contribution is -0.117. The molecule has 4 aliphatic carbocycles. The lowest BCUT2D eigenvalue weighted by Crippen LogP contribution is -2.46. The molecule has 0 amide bonds. The molecule has 4 rings (SSSR count). The van der Waals surface area contributed by atoms with E-state index in [0.717, 1.165) is 41.9 Å². The minimum absolute atomic E-state index is 0.393. The van der Waals surface area contributed by atoms with Gasteiger partial charge in [0.15, 0.2) is 5.78 Å². The monoisotopic (exact) mass is 272 g/mol. The fourth-order valence-corrected chi connectivity index (χ4v) is 6.68. The van der Waals surface area contributed by atoms with Crippen LogP contribution in [0.25, 0.3) is 0 Å². The SMILES string of the molecule is CC1CC2=CC(=O)CC(C)[C@@H]2[C@H]2CC[C@@H]3CCC[C@H]3[C@H]12. The van der Waals surface area contributed by atoms with E-state index in [1.165, 1.54) is 44.1 Å². The van der Waals surface area contributed by atoms with Crippen LogP contribution < -0.4 is 0 Å². The van der Waals surface area contributed by atoms with Gasteiger partial charge in [-0.2, -0.15) is 0 Å². The van der Waals surface area contributed by atoms with Crippen LogP contribution in [0.1, 0.15) is 58.8 Å². The second-order valence-electron chi connectivity index (χ2n) is 8.25. The molecule has 1 nitrogen and oxygen atoms in total. The van der Waals surface area contributed by atoms with Crippen LogP contribution in [0.4, 0.5) is 0 Å². The van der Waals surface area contributed by atoms with E-state index in [9.17, 15) is 4.79 Å². The van der Waals surface area contributed by atoms with Gasteiger partial charge in [0.05, 0.1) is 0 Å². The lowest BCUT2D eigenvalue weighted by Gasteiger charge is -2.53. The average molecular weight is 272 g/mol. The van der Waals surface area contributed by atoms with Crippen LogP contribution in [0, 0.1) is 41.4 Å². The highest BCUT2D eigenvalue weighted by molar-refractivity contribution is 5.91. The van der Waals surface area contributed by atoms with Crippen molar-refractivity contribution in [3.05, 3.63) is 11.6 Å². The third-order valence-electron chi connectivity index (χ3n) is 7.16. The van der Waals surface area contributed by atoms with Crippen molar-refractivity contribution in [2.45, 2.75) is 58.8 Å². The quantitative estimate of drug-likeness (QED) is 0.629. The molecule has 110 valence electrons. The summed E-state index contributed by atoms with van der Waals surface area (Å²) in [5, 5.41) is 0. The largest absolute Gasteiger partial charge is 0.295 e. The van der Waals surface area contributed by atoms with E-state index in [4.69, 9.17) is 0 Å². The standard InChI is InChI=1S/C19H28O/c1-11-8-14-10-15(20)9-12(2)18(14)17-7-6-13-4-3-5-16(13)19(11)17/h10-13,16-19H,3-9H2,1-2H3/t11?,12?,13-,16+,17+,18-,19-/m0/s1. The molecule has 0 aromatic heterocycles. The van der Waals surface area contributed by atoms with Gasteiger partial charge in [-0.15, -0.1) is 0 Å². The molecule has 0 aromatic rings. The van der Waals surface area contributed by atoms with Crippen molar-refractivity contribution in [3.8, 4) is 0 Å². The summed E-state index contributed by atoms with van der Waals surface area (Å²) in [5.41, 5.74) is 1.53. The third-order valence-corrected chi connectivity index (χ3v) is 7.16. The lowest BCUT2D eigenvalue weighted by atomic mass is 9.51. The minimum Gasteiger partial charge on any atom is -0.295 e. The van der Waals surface area contributed by atoms with E-state index in [1.807, 2.05) is 6.08 Å². The van der Waals surface area contributed by atoms with Gasteiger partial charge in [0.1, 0.15) is 0 Å². The Morgan fingerprint density at radius 3 is 2.65 bits per heavy atom. The molecule has 3 fully saturated rings. The summed E-state index contributed by atoms with van der Waals surface area (Å²) in [6.45, 7) is 4.81. The van der Waals surface area contributed by atoms with E-state index < -0.39 is 0 Å². The summed E-state index contributed by atoms with van der Waals surface area (Å²) in [5.74, 6) is 6.48. The molecule has 0 aliphatic heterocycles. The molecular formula is C19H28O. The Labute approximate surface area is 123 Å². The van der Waals surface area contributed by atoms with Crippen molar-refractivity contribution in [3.63, 3.8) is 0 Å². The number of hydrogen-bond donors (Lipinski definition) is 0. The highest BCUT2D eigenvalue weighted by atomic mass is 16.1. The van der Waals surface area contributed by atoms with Crippen LogP contribution in [0.5, 0.6) is 0 Å². The predicted molar refractivity (Wildman–Crippen MR) is 81.2 cm³/mol. The van der Waals surface area contributed by atoms with Crippen molar-refractivity contribution in [1.82, 2.24) is 0 Å². The van der Waals surface area contributed by atoms with Gasteiger partial charge in [-0.25, -0.2) is 0 Å². The van der Waals surface area contributed by atoms with E-state index in [0.29, 0.717) is 11.7 Å². The summed E-state index contributed by atoms with van der Waals surface area (Å²) in [6.07, 6.45) is 11.5. The van der Waals surface area contributed by atoms with E-state index in [2.05, 4.69) is 13.8 Å². The topological polar surface area (TPSA) is 17.1 Å². The normalized spacial score (nSPS) is 51.0. The van der Waals surface area contributed by atoms with E-state index in [-0.39, 0.29) is 0 Å². The van der Waals surface area contributed by atoms with Gasteiger partial charge in [-0.05, 0) is 73.2 Å². The smallest absolute Gasteiger partial charge is 0.155 e. The molecule has 0 bridgehead atoms. The maximum Gasteiger partial charge on any atom is 0.155 e. The van der Waals surface area contributed by atoms with Gasteiger partial charge >= 0.3 is 0 Å². The molecule has 2 unspecified atom stereocenters. The summed E-state index contributed by atoms with van der Waals surface area (Å²) in [4.78, 5) is 11.9. The maximum atomic E-state index is 11.9. The Kier molecular flexibility index (Phi) is 3.09. The Bertz CT molecular complexity index is 449. The predicted octanol–water partition coefficient (Wildman–Crippen LogP) is 4.62. The van der Waals surface area contributed by atoms with Crippen molar-refractivity contribution < 1.29 is 4.79 Å². The van der Waals surface area contributed by atoms with Gasteiger partial charge in [0.2, 0.25) is 0 Å². The van der Waals surface area contributed by atoms with Crippen LogP contribution in [0.3, 0.4) is 0 Å². The molecule has 0 N–H and O–H groups in total. The van der Waals surface area contributed by atoms with Crippen LogP contribution in [-0.4, -0.2) is 5.78 Å². The van der Waals surface area contributed by atoms with Crippen molar-refractivity contribution in [2.75, 3.05) is 0 Å². The van der Waals surface area contributed by atoms with Gasteiger partial charge in [0, 0.05) is 6.42 Å². The number of carbonyl (C=O) groups is 1. The van der Waals surface area contributed by atoms with Crippen LogP contribution >= 0.6 is 0 Å². The molecule has 0 spiro atoms. The molecule has 4 aliphatic rings. The van der Waals surface area contributed by atoms with Gasteiger partial charge in [-0.3, -0.25) is 4.79 Å². The summed E-state index contributed by atoms with van der Waals surface area (Å²) in [7, 11) is 0. The Hall–Kier alpha value is -0.590. The van der Waals surface area contributed by atoms with Gasteiger partial charge < -0.3 is 0 Å². The average Bonchev–Trinajstić information content (AvgIpc) is 2.85. The van der Waals surface area contributed by atoms with Gasteiger partial charge in [0.25, 0.3) is 0 Å². The summed E-state index contributed by atoms with van der Waals surface area (Å²) < 4.78 is 0. The number of carbonyl (C=O) groups excluding carboxylic acids is 1. The molecule has 0 saturated heterocycles. The fraction of sp³-hybridized carbons (Fsp3) is 0.842. The number of fused-ring (bicyclic) bond motifs is 5. The zero-order valence-corrected chi connectivity index (χ0v) is 13.0. The first-order valence-electron chi connectivity index (χ1n) is 8.88. The van der Waals surface area contributed by atoms with Crippen LogP contribution in [0.15, 0.2) is 11.6 Å². The Morgan fingerprint density at radius 2 is 1.80 bits per heavy atom. The van der Waals surface area contributed by atoms with E-state index >= 15 is 0 Å². The summed E-state index contributed by atoms with van der Waals surface area (Å²) >= 11 is 0. The highest BCUT2D eigenvalue weighted by Crippen LogP contribution is 2.59. The highest BCUT2D eigenvalue weighted by Gasteiger charge is 2.51. The zero-order chi connectivity index (χ0) is 13.9. The van der Waals surface area contributed by atoms with E-state index in [1.54, 1.807) is 0 Å². The Morgan fingerprint density at radius 1 is 0.950 bits per heavy atom. The third kappa shape index (κ3) is 1.84. The molecule has 3 saturated carbocycles. The fourth-order valence-electron chi connectivity index (χ4n) is 6.68. The van der Waals surface area contributed by atoms with Gasteiger partial charge in [-0.1, -0.05) is 32.3 Å². The number of allylic oxidation sites excluding steroid dienone is 1. The zero-order valence-electron chi connectivity index (χ0n) is 13.0. The van der Waals surface area contributed by atoms with Crippen LogP contribution in [0.2, 0.25) is 0 Å². The first kappa shape index (κ1) is 13.1. The molecule has 7 atom stereocenters. The van der Waals surface area contributed by atoms with Crippen molar-refractivity contribution in [1.29, 1.82) is 0 Å². The molecule has 0 aromatic carbocycles. The second-order valence-corrected chi connectivity index (χ2v) is 8.25. The Balaban J connectivity index is 1.69. The molecular weight excluding hydrogens is 244 g/mol. The number of ketones is 1. The minimum atomic E-state index is 0.393. The maximum absolute atomic E-state index is 11.9. The number of hydrogen-bond acceptors (Lipinski definition) is 1.